The van der Waals surface area contributed by atoms with Crippen molar-refractivity contribution in [3.63, 3.8) is 0 Å². The van der Waals surface area contributed by atoms with Crippen LogP contribution in [0.2, 0.25) is 5.02 Å². The second-order valence-electron chi connectivity index (χ2n) is 6.24. The lowest BCUT2D eigenvalue weighted by atomic mass is 10.2. The third-order valence-corrected chi connectivity index (χ3v) is 5.82. The molecule has 0 aliphatic carbocycles. The molecule has 1 amide bonds. The zero-order valence-electron chi connectivity index (χ0n) is 16.0. The molecule has 0 spiro atoms. The first kappa shape index (κ1) is 22.1. The Morgan fingerprint density at radius 2 is 1.71 bits per heavy atom. The highest BCUT2D eigenvalue weighted by Crippen LogP contribution is 2.27. The smallest absolute Gasteiger partial charge is 0.270 e. The number of rotatable bonds is 7. The van der Waals surface area contributed by atoms with Gasteiger partial charge in [0.15, 0.2) is 0 Å². The fourth-order valence-electron chi connectivity index (χ4n) is 2.62. The van der Waals surface area contributed by atoms with Gasteiger partial charge >= 0.3 is 0 Å². The molecule has 0 bridgehead atoms. The first-order valence-electron chi connectivity index (χ1n) is 8.72. The van der Waals surface area contributed by atoms with Gasteiger partial charge in [-0.05, 0) is 48.5 Å². The maximum Gasteiger partial charge on any atom is 0.270 e. The summed E-state index contributed by atoms with van der Waals surface area (Å²) in [5, 5.41) is 13.9. The van der Waals surface area contributed by atoms with E-state index in [1.807, 2.05) is 0 Å². The van der Waals surface area contributed by atoms with Crippen molar-refractivity contribution in [2.24, 2.45) is 0 Å². The topological polar surface area (TPSA) is 128 Å². The molecule has 11 heteroatoms. The minimum atomic E-state index is -4.04. The van der Waals surface area contributed by atoms with Crippen LogP contribution in [0.3, 0.4) is 0 Å². The fourth-order valence-corrected chi connectivity index (χ4v) is 3.97. The third kappa shape index (κ3) is 5.30. The lowest BCUT2D eigenvalue weighted by molar-refractivity contribution is -0.385. The van der Waals surface area contributed by atoms with E-state index in [2.05, 4.69) is 10.0 Å². The molecular weight excluding hydrogens is 446 g/mol. The van der Waals surface area contributed by atoms with Crippen LogP contribution in [0.15, 0.2) is 71.6 Å². The summed E-state index contributed by atoms with van der Waals surface area (Å²) in [7, 11) is -2.56. The van der Waals surface area contributed by atoms with Crippen molar-refractivity contribution in [2.45, 2.75) is 4.90 Å². The standard InChI is InChI=1S/C20H16ClN3O6S/c1-30-19-10-9-15(11-18(19)21)22-20(25)13-5-7-14(8-6-13)23-31(28,29)17-4-2-3-16(12-17)24(26)27/h2-12,23H,1H3,(H,22,25). The zero-order chi connectivity index (χ0) is 22.6. The molecule has 3 aromatic rings. The van der Waals surface area contributed by atoms with Crippen LogP contribution in [0.4, 0.5) is 17.1 Å². The third-order valence-electron chi connectivity index (χ3n) is 4.15. The van der Waals surface area contributed by atoms with Crippen molar-refractivity contribution < 1.29 is 22.9 Å². The van der Waals surface area contributed by atoms with Crippen molar-refractivity contribution in [3.05, 3.63) is 87.4 Å². The molecule has 160 valence electrons. The van der Waals surface area contributed by atoms with E-state index in [0.717, 1.165) is 6.07 Å². The summed E-state index contributed by atoms with van der Waals surface area (Å²) in [5.41, 5.74) is 0.598. The van der Waals surface area contributed by atoms with Gasteiger partial charge in [-0.2, -0.15) is 0 Å². The Hall–Kier alpha value is -3.63. The van der Waals surface area contributed by atoms with Crippen LogP contribution >= 0.6 is 11.6 Å². The number of carbonyl (C=O) groups excluding carboxylic acids is 1. The van der Waals surface area contributed by atoms with Crippen LogP contribution in [0.5, 0.6) is 5.75 Å². The molecule has 3 rings (SSSR count). The molecule has 31 heavy (non-hydrogen) atoms. The minimum absolute atomic E-state index is 0.190. The number of methoxy groups -OCH3 is 1. The summed E-state index contributed by atoms with van der Waals surface area (Å²) in [6.07, 6.45) is 0. The molecule has 0 unspecified atom stereocenters. The number of hydrogen-bond donors (Lipinski definition) is 2. The van der Waals surface area contributed by atoms with Gasteiger partial charge < -0.3 is 10.1 Å². The Bertz CT molecular complexity index is 1250. The molecule has 2 N–H and O–H groups in total. The van der Waals surface area contributed by atoms with Gasteiger partial charge in [0.1, 0.15) is 5.75 Å². The number of nitrogens with one attached hydrogen (secondary N) is 2. The van der Waals surface area contributed by atoms with Gasteiger partial charge in [0.05, 0.1) is 22.0 Å². The number of sulfonamides is 1. The van der Waals surface area contributed by atoms with E-state index in [0.29, 0.717) is 16.5 Å². The predicted molar refractivity (Wildman–Crippen MR) is 116 cm³/mol. The van der Waals surface area contributed by atoms with Gasteiger partial charge in [0.2, 0.25) is 0 Å². The predicted octanol–water partition coefficient (Wildman–Crippen LogP) is 4.31. The van der Waals surface area contributed by atoms with E-state index in [1.165, 1.54) is 49.6 Å². The van der Waals surface area contributed by atoms with Crippen LogP contribution in [0, 0.1) is 10.1 Å². The fraction of sp³-hybridized carbons (Fsp3) is 0.0500. The molecule has 0 fully saturated rings. The van der Waals surface area contributed by atoms with Crippen molar-refractivity contribution in [1.29, 1.82) is 0 Å². The average Bonchev–Trinajstić information content (AvgIpc) is 2.74. The Morgan fingerprint density at radius 1 is 1.03 bits per heavy atom. The van der Waals surface area contributed by atoms with Gasteiger partial charge in [0.25, 0.3) is 21.6 Å². The number of anilines is 2. The number of ether oxygens (including phenoxy) is 1. The van der Waals surface area contributed by atoms with Gasteiger partial charge in [-0.3, -0.25) is 19.6 Å². The molecule has 3 aromatic carbocycles. The first-order valence-corrected chi connectivity index (χ1v) is 10.6. The molecule has 0 atom stereocenters. The van der Waals surface area contributed by atoms with Crippen molar-refractivity contribution in [2.75, 3.05) is 17.1 Å². The highest BCUT2D eigenvalue weighted by molar-refractivity contribution is 7.92. The van der Waals surface area contributed by atoms with Crippen LogP contribution in [0.25, 0.3) is 0 Å². The van der Waals surface area contributed by atoms with E-state index < -0.39 is 20.9 Å². The van der Waals surface area contributed by atoms with E-state index in [-0.39, 0.29) is 21.8 Å². The monoisotopic (exact) mass is 461 g/mol. The van der Waals surface area contributed by atoms with Crippen LogP contribution in [-0.4, -0.2) is 26.4 Å². The Balaban J connectivity index is 1.72. The number of carbonyl (C=O) groups is 1. The molecule has 0 aromatic heterocycles. The average molecular weight is 462 g/mol. The Labute approximate surface area is 182 Å². The summed E-state index contributed by atoms with van der Waals surface area (Å²) in [5.74, 6) is 0.0503. The van der Waals surface area contributed by atoms with E-state index in [9.17, 15) is 23.3 Å². The Kier molecular flexibility index (Phi) is 6.42. The molecule has 0 aliphatic heterocycles. The molecule has 0 aliphatic rings. The molecule has 0 saturated heterocycles. The van der Waals surface area contributed by atoms with E-state index in [4.69, 9.17) is 16.3 Å². The van der Waals surface area contributed by atoms with Gasteiger partial charge in [-0.25, -0.2) is 8.42 Å². The molecule has 0 radical (unpaired) electrons. The summed E-state index contributed by atoms with van der Waals surface area (Å²) >= 11 is 6.04. The molecule has 0 saturated carbocycles. The molecule has 0 heterocycles. The van der Waals surface area contributed by atoms with Gasteiger partial charge in [-0.1, -0.05) is 17.7 Å². The van der Waals surface area contributed by atoms with Gasteiger partial charge in [-0.15, -0.1) is 0 Å². The normalized spacial score (nSPS) is 10.9. The number of halogens is 1. The number of amides is 1. The summed E-state index contributed by atoms with van der Waals surface area (Å²) in [6, 6.07) is 15.2. The minimum Gasteiger partial charge on any atom is -0.495 e. The largest absolute Gasteiger partial charge is 0.495 e. The van der Waals surface area contributed by atoms with E-state index in [1.54, 1.807) is 18.2 Å². The lowest BCUT2D eigenvalue weighted by Crippen LogP contribution is -2.14. The maximum atomic E-state index is 12.5. The number of nitro benzene ring substituents is 1. The number of benzene rings is 3. The summed E-state index contributed by atoms with van der Waals surface area (Å²) in [4.78, 5) is 22.3. The Morgan fingerprint density at radius 3 is 2.32 bits per heavy atom. The van der Waals surface area contributed by atoms with Crippen molar-refractivity contribution in [3.8, 4) is 5.75 Å². The van der Waals surface area contributed by atoms with Crippen molar-refractivity contribution >= 4 is 44.6 Å². The second kappa shape index (κ2) is 9.02. The molecular formula is C20H16ClN3O6S. The van der Waals surface area contributed by atoms with Crippen molar-refractivity contribution in [1.82, 2.24) is 0 Å². The van der Waals surface area contributed by atoms with Crippen LogP contribution < -0.4 is 14.8 Å². The number of nitro groups is 1. The maximum absolute atomic E-state index is 12.5. The van der Waals surface area contributed by atoms with E-state index >= 15 is 0 Å². The SMILES string of the molecule is COc1ccc(NC(=O)c2ccc(NS(=O)(=O)c3cccc([N+](=O)[O-])c3)cc2)cc1Cl. The highest BCUT2D eigenvalue weighted by Gasteiger charge is 2.18. The number of non-ortho nitro benzene ring substituents is 1. The summed E-state index contributed by atoms with van der Waals surface area (Å²) < 4.78 is 32.4. The quantitative estimate of drug-likeness (QED) is 0.398. The summed E-state index contributed by atoms with van der Waals surface area (Å²) in [6.45, 7) is 0. The first-order chi connectivity index (χ1) is 14.7. The van der Waals surface area contributed by atoms with Crippen LogP contribution in [0.1, 0.15) is 10.4 Å². The lowest BCUT2D eigenvalue weighted by Gasteiger charge is -2.10. The second-order valence-corrected chi connectivity index (χ2v) is 8.33. The number of hydrogen-bond acceptors (Lipinski definition) is 6. The molecule has 9 nitrogen and oxygen atoms in total. The van der Waals surface area contributed by atoms with Crippen LogP contribution in [-0.2, 0) is 10.0 Å². The zero-order valence-corrected chi connectivity index (χ0v) is 17.6. The number of nitrogens with zero attached hydrogens (tertiary/aromatic N) is 1. The highest BCUT2D eigenvalue weighted by atomic mass is 35.5. The van der Waals surface area contributed by atoms with Gasteiger partial charge in [0, 0.05) is 29.1 Å².